The third-order valence-corrected chi connectivity index (χ3v) is 5.55. The van der Waals surface area contributed by atoms with Crippen LogP contribution in [0.25, 0.3) is 22.2 Å². The van der Waals surface area contributed by atoms with Crippen molar-refractivity contribution < 1.29 is 14.1 Å². The topological polar surface area (TPSA) is 75.4 Å². The summed E-state index contributed by atoms with van der Waals surface area (Å²) in [6.07, 6.45) is 1.51. The van der Waals surface area contributed by atoms with Crippen molar-refractivity contribution in [3.63, 3.8) is 0 Å². The molecule has 1 aromatic heterocycles. The Morgan fingerprint density at radius 2 is 1.84 bits per heavy atom. The van der Waals surface area contributed by atoms with Crippen LogP contribution >= 0.6 is 0 Å². The standard InChI is InChI=1S/C25H21N3O3/c29-23-7-4-14-28(23)20-11-8-17(9-12-20)16-26-25(30)19-10-13-22-21(15-19)24(31-27-22)18-5-2-1-3-6-18/h1-3,5-6,8-13,15H,4,7,14,16H2,(H,26,30). The van der Waals surface area contributed by atoms with E-state index in [1.54, 1.807) is 17.0 Å². The first-order valence-electron chi connectivity index (χ1n) is 10.3. The van der Waals surface area contributed by atoms with Crippen molar-refractivity contribution >= 4 is 28.4 Å². The van der Waals surface area contributed by atoms with Crippen molar-refractivity contribution in [2.75, 3.05) is 11.4 Å². The van der Waals surface area contributed by atoms with Crippen LogP contribution in [-0.2, 0) is 11.3 Å². The summed E-state index contributed by atoms with van der Waals surface area (Å²) in [5.41, 5.74) is 4.05. The van der Waals surface area contributed by atoms with E-state index in [0.717, 1.165) is 35.2 Å². The number of amides is 2. The fraction of sp³-hybridized carbons (Fsp3) is 0.160. The van der Waals surface area contributed by atoms with E-state index in [2.05, 4.69) is 10.5 Å². The lowest BCUT2D eigenvalue weighted by atomic mass is 10.1. The molecule has 1 aliphatic rings. The Bertz CT molecular complexity index is 1250. The maximum absolute atomic E-state index is 12.7. The number of carbonyl (C=O) groups is 2. The number of hydrogen-bond acceptors (Lipinski definition) is 4. The van der Waals surface area contributed by atoms with Gasteiger partial charge in [0.15, 0.2) is 5.76 Å². The SMILES string of the molecule is O=C(NCc1ccc(N2CCCC2=O)cc1)c1ccc2noc(-c3ccccc3)c2c1. The third-order valence-electron chi connectivity index (χ3n) is 5.55. The van der Waals surface area contributed by atoms with Crippen molar-refractivity contribution in [2.24, 2.45) is 0 Å². The first-order valence-corrected chi connectivity index (χ1v) is 10.3. The van der Waals surface area contributed by atoms with Crippen LogP contribution in [0.15, 0.2) is 77.3 Å². The minimum absolute atomic E-state index is 0.166. The van der Waals surface area contributed by atoms with Gasteiger partial charge in [-0.25, -0.2) is 0 Å². The van der Waals surface area contributed by atoms with Gasteiger partial charge < -0.3 is 14.7 Å². The van der Waals surface area contributed by atoms with Gasteiger partial charge in [0.1, 0.15) is 5.52 Å². The molecule has 0 saturated carbocycles. The Hall–Kier alpha value is -3.93. The molecule has 0 unspecified atom stereocenters. The van der Waals surface area contributed by atoms with Crippen molar-refractivity contribution in [2.45, 2.75) is 19.4 Å². The summed E-state index contributed by atoms with van der Waals surface area (Å²) in [7, 11) is 0. The molecule has 31 heavy (non-hydrogen) atoms. The molecular formula is C25H21N3O3. The molecular weight excluding hydrogens is 390 g/mol. The lowest BCUT2D eigenvalue weighted by Gasteiger charge is -2.16. The summed E-state index contributed by atoms with van der Waals surface area (Å²) in [5, 5.41) is 7.86. The van der Waals surface area contributed by atoms with Crippen LogP contribution in [0.2, 0.25) is 0 Å². The molecule has 1 aliphatic heterocycles. The van der Waals surface area contributed by atoms with Gasteiger partial charge in [-0.2, -0.15) is 0 Å². The second kappa shape index (κ2) is 8.07. The molecule has 1 fully saturated rings. The van der Waals surface area contributed by atoms with Crippen LogP contribution in [0, 0.1) is 0 Å². The predicted molar refractivity (Wildman–Crippen MR) is 119 cm³/mol. The maximum atomic E-state index is 12.7. The lowest BCUT2D eigenvalue weighted by molar-refractivity contribution is -0.117. The van der Waals surface area contributed by atoms with E-state index in [0.29, 0.717) is 29.8 Å². The molecule has 6 nitrogen and oxygen atoms in total. The molecule has 0 atom stereocenters. The zero-order valence-corrected chi connectivity index (χ0v) is 16.9. The summed E-state index contributed by atoms with van der Waals surface area (Å²) in [5.74, 6) is 0.651. The number of rotatable bonds is 5. The second-order valence-electron chi connectivity index (χ2n) is 7.61. The Labute approximate surface area is 179 Å². The average Bonchev–Trinajstić information content (AvgIpc) is 3.44. The molecule has 6 heteroatoms. The zero-order valence-electron chi connectivity index (χ0n) is 16.9. The minimum atomic E-state index is -0.166. The highest BCUT2D eigenvalue weighted by Crippen LogP contribution is 2.29. The summed E-state index contributed by atoms with van der Waals surface area (Å²) in [4.78, 5) is 26.4. The Morgan fingerprint density at radius 1 is 1.03 bits per heavy atom. The molecule has 3 aromatic carbocycles. The molecule has 0 spiro atoms. The van der Waals surface area contributed by atoms with E-state index >= 15 is 0 Å². The molecule has 2 heterocycles. The molecule has 2 amide bonds. The van der Waals surface area contributed by atoms with Crippen molar-refractivity contribution in [3.8, 4) is 11.3 Å². The predicted octanol–water partition coefficient (Wildman–Crippen LogP) is 4.55. The number of nitrogens with one attached hydrogen (secondary N) is 1. The summed E-state index contributed by atoms with van der Waals surface area (Å²) in [6.45, 7) is 1.17. The van der Waals surface area contributed by atoms with E-state index in [1.165, 1.54) is 0 Å². The average molecular weight is 411 g/mol. The molecule has 5 rings (SSSR count). The minimum Gasteiger partial charge on any atom is -0.355 e. The fourth-order valence-electron chi connectivity index (χ4n) is 3.88. The van der Waals surface area contributed by atoms with E-state index in [-0.39, 0.29) is 11.8 Å². The fourth-order valence-corrected chi connectivity index (χ4v) is 3.88. The van der Waals surface area contributed by atoms with Gasteiger partial charge in [-0.1, -0.05) is 47.6 Å². The molecule has 154 valence electrons. The number of hydrogen-bond donors (Lipinski definition) is 1. The first kappa shape index (κ1) is 19.1. The molecule has 1 N–H and O–H groups in total. The third kappa shape index (κ3) is 3.80. The largest absolute Gasteiger partial charge is 0.355 e. The number of nitrogens with zero attached hydrogens (tertiary/aromatic N) is 2. The summed E-state index contributed by atoms with van der Waals surface area (Å²) >= 11 is 0. The summed E-state index contributed by atoms with van der Waals surface area (Å²) in [6, 6.07) is 22.8. The van der Waals surface area contributed by atoms with Crippen LogP contribution in [0.4, 0.5) is 5.69 Å². The molecule has 0 bridgehead atoms. The van der Waals surface area contributed by atoms with Gasteiger partial charge in [0.05, 0.1) is 5.39 Å². The van der Waals surface area contributed by atoms with Crippen LogP contribution in [0.1, 0.15) is 28.8 Å². The number of fused-ring (bicyclic) bond motifs is 1. The van der Waals surface area contributed by atoms with Gasteiger partial charge in [-0.05, 0) is 42.3 Å². The highest BCUT2D eigenvalue weighted by molar-refractivity contribution is 6.01. The normalized spacial score (nSPS) is 13.7. The van der Waals surface area contributed by atoms with Gasteiger partial charge in [-0.3, -0.25) is 9.59 Å². The smallest absolute Gasteiger partial charge is 0.251 e. The van der Waals surface area contributed by atoms with Crippen molar-refractivity contribution in [1.29, 1.82) is 0 Å². The Kier molecular flexibility index (Phi) is 4.96. The molecule has 0 aliphatic carbocycles. The number of anilines is 1. The van der Waals surface area contributed by atoms with Gasteiger partial charge in [0, 0.05) is 36.3 Å². The van der Waals surface area contributed by atoms with Crippen LogP contribution in [-0.4, -0.2) is 23.5 Å². The molecule has 4 aromatic rings. The van der Waals surface area contributed by atoms with Gasteiger partial charge >= 0.3 is 0 Å². The van der Waals surface area contributed by atoms with E-state index < -0.39 is 0 Å². The Morgan fingerprint density at radius 3 is 2.58 bits per heavy atom. The van der Waals surface area contributed by atoms with E-state index in [4.69, 9.17) is 4.52 Å². The monoisotopic (exact) mass is 411 g/mol. The lowest BCUT2D eigenvalue weighted by Crippen LogP contribution is -2.24. The highest BCUT2D eigenvalue weighted by atomic mass is 16.5. The van der Waals surface area contributed by atoms with Crippen molar-refractivity contribution in [1.82, 2.24) is 10.5 Å². The molecule has 0 radical (unpaired) electrons. The quantitative estimate of drug-likeness (QED) is 0.523. The maximum Gasteiger partial charge on any atom is 0.251 e. The second-order valence-corrected chi connectivity index (χ2v) is 7.61. The number of carbonyl (C=O) groups excluding carboxylic acids is 2. The number of aromatic nitrogens is 1. The van der Waals surface area contributed by atoms with Gasteiger partial charge in [-0.15, -0.1) is 0 Å². The first-order chi connectivity index (χ1) is 15.2. The summed E-state index contributed by atoms with van der Waals surface area (Å²) < 4.78 is 5.52. The van der Waals surface area contributed by atoms with Gasteiger partial charge in [0.25, 0.3) is 5.91 Å². The van der Waals surface area contributed by atoms with E-state index in [1.807, 2.05) is 60.7 Å². The van der Waals surface area contributed by atoms with Crippen molar-refractivity contribution in [3.05, 3.63) is 83.9 Å². The van der Waals surface area contributed by atoms with Gasteiger partial charge in [0.2, 0.25) is 5.91 Å². The molecule has 1 saturated heterocycles. The highest BCUT2D eigenvalue weighted by Gasteiger charge is 2.21. The Balaban J connectivity index is 1.30. The zero-order chi connectivity index (χ0) is 21.2. The van der Waals surface area contributed by atoms with Crippen LogP contribution < -0.4 is 10.2 Å². The van der Waals surface area contributed by atoms with Crippen LogP contribution in [0.5, 0.6) is 0 Å². The van der Waals surface area contributed by atoms with E-state index in [9.17, 15) is 9.59 Å². The number of benzene rings is 3. The van der Waals surface area contributed by atoms with Crippen LogP contribution in [0.3, 0.4) is 0 Å².